The van der Waals surface area contributed by atoms with Crippen LogP contribution in [0.2, 0.25) is 5.02 Å². The van der Waals surface area contributed by atoms with Crippen molar-refractivity contribution in [2.45, 2.75) is 12.8 Å². The summed E-state index contributed by atoms with van der Waals surface area (Å²) in [6.45, 7) is 0.486. The third-order valence-corrected chi connectivity index (χ3v) is 3.50. The van der Waals surface area contributed by atoms with Gasteiger partial charge in [0, 0.05) is 16.8 Å². The maximum absolute atomic E-state index is 10.5. The van der Waals surface area contributed by atoms with Crippen molar-refractivity contribution in [2.24, 2.45) is 0 Å². The molecule has 0 aliphatic carbocycles. The quantitative estimate of drug-likeness (QED) is 0.890. The Bertz CT molecular complexity index is 571. The van der Waals surface area contributed by atoms with Gasteiger partial charge in [0.2, 0.25) is 0 Å². The first-order valence-electron chi connectivity index (χ1n) is 5.67. The monoisotopic (exact) mass is 297 g/mol. The molecule has 0 aliphatic rings. The predicted octanol–water partition coefficient (Wildman–Crippen LogP) is 3.05. The van der Waals surface area contributed by atoms with E-state index >= 15 is 0 Å². The number of nitrogens with zero attached hydrogens (tertiary/aromatic N) is 1. The molecule has 0 aliphatic heterocycles. The number of halogens is 1. The first kappa shape index (κ1) is 13.8. The molecule has 0 spiro atoms. The summed E-state index contributed by atoms with van der Waals surface area (Å²) in [5, 5.41) is 11.9. The molecule has 6 heteroatoms. The van der Waals surface area contributed by atoms with Gasteiger partial charge in [0.25, 0.3) is 0 Å². The van der Waals surface area contributed by atoms with E-state index in [9.17, 15) is 4.79 Å². The number of hydrogen-bond donors (Lipinski definition) is 1. The molecule has 1 aromatic heterocycles. The van der Waals surface area contributed by atoms with Gasteiger partial charge in [-0.2, -0.15) is 0 Å². The number of carboxylic acid groups (broad SMARTS) is 1. The van der Waals surface area contributed by atoms with Gasteiger partial charge in [0.05, 0.1) is 23.7 Å². The molecular weight excluding hydrogens is 286 g/mol. The molecule has 0 atom stereocenters. The molecule has 0 bridgehead atoms. The lowest BCUT2D eigenvalue weighted by Gasteiger charge is -2.04. The summed E-state index contributed by atoms with van der Waals surface area (Å²) in [5.41, 5.74) is 0.593. The van der Waals surface area contributed by atoms with Crippen LogP contribution in [0.1, 0.15) is 10.7 Å². The van der Waals surface area contributed by atoms with Gasteiger partial charge in [-0.1, -0.05) is 17.7 Å². The average Bonchev–Trinajstić information content (AvgIpc) is 2.76. The Labute approximate surface area is 119 Å². The van der Waals surface area contributed by atoms with Crippen LogP contribution in [0.5, 0.6) is 5.75 Å². The molecule has 2 aromatic rings. The number of thiazole rings is 1. The molecule has 0 saturated carbocycles. The molecule has 1 heterocycles. The first-order chi connectivity index (χ1) is 9.13. The summed E-state index contributed by atoms with van der Waals surface area (Å²) in [4.78, 5) is 14.8. The topological polar surface area (TPSA) is 59.4 Å². The average molecular weight is 298 g/mol. The highest BCUT2D eigenvalue weighted by Crippen LogP contribution is 2.18. The third kappa shape index (κ3) is 4.54. The van der Waals surface area contributed by atoms with Crippen LogP contribution in [-0.2, 0) is 17.6 Å². The van der Waals surface area contributed by atoms with Crippen LogP contribution < -0.4 is 4.74 Å². The number of carbonyl (C=O) groups is 1. The van der Waals surface area contributed by atoms with Crippen molar-refractivity contribution in [3.8, 4) is 5.75 Å². The van der Waals surface area contributed by atoms with Crippen molar-refractivity contribution in [1.29, 1.82) is 0 Å². The number of rotatable bonds is 6. The Morgan fingerprint density at radius 2 is 2.32 bits per heavy atom. The first-order valence-corrected chi connectivity index (χ1v) is 6.92. The fourth-order valence-corrected chi connectivity index (χ4v) is 2.47. The van der Waals surface area contributed by atoms with Gasteiger partial charge >= 0.3 is 5.97 Å². The number of carboxylic acids is 1. The number of aromatic nitrogens is 1. The van der Waals surface area contributed by atoms with E-state index in [-0.39, 0.29) is 6.42 Å². The van der Waals surface area contributed by atoms with Crippen LogP contribution in [0, 0.1) is 0 Å². The summed E-state index contributed by atoms with van der Waals surface area (Å²) in [6.07, 6.45) is 0.614. The van der Waals surface area contributed by atoms with E-state index < -0.39 is 5.97 Å². The van der Waals surface area contributed by atoms with Crippen LogP contribution in [0.15, 0.2) is 29.6 Å². The van der Waals surface area contributed by atoms with Crippen molar-refractivity contribution in [3.05, 3.63) is 45.4 Å². The zero-order chi connectivity index (χ0) is 13.7. The van der Waals surface area contributed by atoms with Gasteiger partial charge in [-0.05, 0) is 18.2 Å². The Morgan fingerprint density at radius 3 is 3.05 bits per heavy atom. The number of ether oxygens (including phenoxy) is 1. The lowest BCUT2D eigenvalue weighted by molar-refractivity contribution is -0.136. The van der Waals surface area contributed by atoms with Crippen LogP contribution in [0.25, 0.3) is 0 Å². The number of aliphatic carboxylic acids is 1. The minimum atomic E-state index is -0.868. The van der Waals surface area contributed by atoms with Crippen molar-refractivity contribution in [2.75, 3.05) is 6.61 Å². The lowest BCUT2D eigenvalue weighted by Crippen LogP contribution is -2.03. The van der Waals surface area contributed by atoms with Gasteiger partial charge in [0.15, 0.2) is 0 Å². The zero-order valence-electron chi connectivity index (χ0n) is 10.0. The normalized spacial score (nSPS) is 10.4. The molecule has 0 radical (unpaired) electrons. The summed E-state index contributed by atoms with van der Waals surface area (Å²) in [7, 11) is 0. The minimum Gasteiger partial charge on any atom is -0.493 e. The summed E-state index contributed by atoms with van der Waals surface area (Å²) in [6, 6.07) is 7.20. The van der Waals surface area contributed by atoms with Gasteiger partial charge in [0.1, 0.15) is 5.75 Å². The Morgan fingerprint density at radius 1 is 1.47 bits per heavy atom. The zero-order valence-corrected chi connectivity index (χ0v) is 11.6. The van der Waals surface area contributed by atoms with Crippen LogP contribution >= 0.6 is 22.9 Å². The van der Waals surface area contributed by atoms with E-state index in [0.717, 1.165) is 10.8 Å². The van der Waals surface area contributed by atoms with Gasteiger partial charge < -0.3 is 9.84 Å². The molecule has 0 fully saturated rings. The second kappa shape index (κ2) is 6.54. The SMILES string of the molecule is O=C(O)Cc1csc(CCOc2cccc(Cl)c2)n1. The van der Waals surface area contributed by atoms with E-state index in [2.05, 4.69) is 4.98 Å². The lowest BCUT2D eigenvalue weighted by atomic mass is 10.3. The van der Waals surface area contributed by atoms with E-state index in [4.69, 9.17) is 21.4 Å². The molecule has 0 saturated heterocycles. The number of hydrogen-bond acceptors (Lipinski definition) is 4. The standard InChI is InChI=1S/C13H12ClNO3S/c14-9-2-1-3-11(6-9)18-5-4-12-15-10(8-19-12)7-13(16)17/h1-3,6,8H,4-5,7H2,(H,16,17). The van der Waals surface area contributed by atoms with E-state index in [1.165, 1.54) is 11.3 Å². The molecular formula is C13H12ClNO3S. The smallest absolute Gasteiger partial charge is 0.309 e. The fourth-order valence-electron chi connectivity index (χ4n) is 1.51. The van der Waals surface area contributed by atoms with Crippen molar-refractivity contribution >= 4 is 28.9 Å². The molecule has 1 N–H and O–H groups in total. The Hall–Kier alpha value is -1.59. The molecule has 100 valence electrons. The third-order valence-electron chi connectivity index (χ3n) is 2.31. The second-order valence-corrected chi connectivity index (χ2v) is 5.24. The maximum atomic E-state index is 10.5. The van der Waals surface area contributed by atoms with Crippen molar-refractivity contribution < 1.29 is 14.6 Å². The largest absolute Gasteiger partial charge is 0.493 e. The van der Waals surface area contributed by atoms with E-state index in [1.807, 2.05) is 12.1 Å². The molecule has 1 aromatic carbocycles. The maximum Gasteiger partial charge on any atom is 0.309 e. The fraction of sp³-hybridized carbons (Fsp3) is 0.231. The predicted molar refractivity (Wildman–Crippen MR) is 74.1 cm³/mol. The molecule has 0 amide bonds. The summed E-state index contributed by atoms with van der Waals surface area (Å²) in [5.74, 6) is -0.151. The van der Waals surface area contributed by atoms with Crippen molar-refractivity contribution in [3.63, 3.8) is 0 Å². The highest BCUT2D eigenvalue weighted by Gasteiger charge is 2.06. The molecule has 0 unspecified atom stereocenters. The highest BCUT2D eigenvalue weighted by molar-refractivity contribution is 7.09. The van der Waals surface area contributed by atoms with Crippen LogP contribution in [0.3, 0.4) is 0 Å². The Balaban J connectivity index is 1.82. The second-order valence-electron chi connectivity index (χ2n) is 3.86. The van der Waals surface area contributed by atoms with Crippen molar-refractivity contribution in [1.82, 2.24) is 4.98 Å². The highest BCUT2D eigenvalue weighted by atomic mass is 35.5. The van der Waals surface area contributed by atoms with Gasteiger partial charge in [-0.15, -0.1) is 11.3 Å². The summed E-state index contributed by atoms with van der Waals surface area (Å²) < 4.78 is 5.55. The molecule has 19 heavy (non-hydrogen) atoms. The van der Waals surface area contributed by atoms with Gasteiger partial charge in [-0.3, -0.25) is 4.79 Å². The van der Waals surface area contributed by atoms with Crippen LogP contribution in [0.4, 0.5) is 0 Å². The Kier molecular flexibility index (Phi) is 4.76. The minimum absolute atomic E-state index is 0.0361. The van der Waals surface area contributed by atoms with Crippen LogP contribution in [-0.4, -0.2) is 22.7 Å². The number of benzene rings is 1. The van der Waals surface area contributed by atoms with E-state index in [0.29, 0.717) is 23.7 Å². The molecule has 4 nitrogen and oxygen atoms in total. The van der Waals surface area contributed by atoms with Gasteiger partial charge in [-0.25, -0.2) is 4.98 Å². The summed E-state index contributed by atoms with van der Waals surface area (Å²) >= 11 is 7.30. The van der Waals surface area contributed by atoms with E-state index in [1.54, 1.807) is 17.5 Å². The molecule has 2 rings (SSSR count).